The minimum absolute atomic E-state index is 0.256. The number of rotatable bonds is 5. The number of benzene rings is 1. The summed E-state index contributed by atoms with van der Waals surface area (Å²) in [6.07, 6.45) is 1.01. The highest BCUT2D eigenvalue weighted by Crippen LogP contribution is 2.32. The van der Waals surface area contributed by atoms with Gasteiger partial charge in [0, 0.05) is 6.54 Å². The van der Waals surface area contributed by atoms with E-state index in [1.807, 2.05) is 43.3 Å². The Kier molecular flexibility index (Phi) is 4.28. The summed E-state index contributed by atoms with van der Waals surface area (Å²) in [5, 5.41) is 8.49. The second kappa shape index (κ2) is 6.72. The number of hydrogen-bond donors (Lipinski definition) is 0. The van der Waals surface area contributed by atoms with Crippen molar-refractivity contribution in [2.45, 2.75) is 25.8 Å². The van der Waals surface area contributed by atoms with Crippen LogP contribution in [0.2, 0.25) is 0 Å². The fraction of sp³-hybridized carbons (Fsp3) is 0.368. The molecule has 6 heteroatoms. The van der Waals surface area contributed by atoms with Crippen molar-refractivity contribution in [2.75, 3.05) is 20.2 Å². The van der Waals surface area contributed by atoms with Gasteiger partial charge in [0.15, 0.2) is 0 Å². The number of nitrogens with zero attached hydrogens (tertiary/aromatic N) is 3. The lowest BCUT2D eigenvalue weighted by Crippen LogP contribution is -2.19. The Balaban J connectivity index is 1.46. The Morgan fingerprint density at radius 2 is 2.04 bits per heavy atom. The van der Waals surface area contributed by atoms with Gasteiger partial charge in [0.05, 0.1) is 25.1 Å². The average Bonchev–Trinajstić information content (AvgIpc) is 3.36. The lowest BCUT2D eigenvalue weighted by atomic mass is 10.1. The van der Waals surface area contributed by atoms with Gasteiger partial charge in [-0.3, -0.25) is 4.90 Å². The molecule has 0 saturated carbocycles. The van der Waals surface area contributed by atoms with E-state index in [4.69, 9.17) is 13.6 Å². The van der Waals surface area contributed by atoms with E-state index in [9.17, 15) is 0 Å². The number of aromatic nitrogens is 2. The van der Waals surface area contributed by atoms with Crippen molar-refractivity contribution in [1.82, 2.24) is 15.1 Å². The van der Waals surface area contributed by atoms with Crippen LogP contribution in [0.25, 0.3) is 11.5 Å². The molecule has 0 bridgehead atoms. The van der Waals surface area contributed by atoms with E-state index in [1.165, 1.54) is 0 Å². The number of hydrogen-bond acceptors (Lipinski definition) is 6. The molecule has 1 saturated heterocycles. The molecule has 0 N–H and O–H groups in total. The molecule has 3 aromatic rings. The van der Waals surface area contributed by atoms with E-state index in [2.05, 4.69) is 15.1 Å². The van der Waals surface area contributed by atoms with Gasteiger partial charge in [-0.15, -0.1) is 10.2 Å². The maximum absolute atomic E-state index is 5.95. The van der Waals surface area contributed by atoms with Crippen LogP contribution in [-0.4, -0.2) is 35.3 Å². The number of ether oxygens (including phenoxy) is 1. The summed E-state index contributed by atoms with van der Waals surface area (Å²) in [6, 6.07) is 11.7. The van der Waals surface area contributed by atoms with Gasteiger partial charge < -0.3 is 13.6 Å². The third-order valence-corrected chi connectivity index (χ3v) is 4.58. The first-order chi connectivity index (χ1) is 12.2. The van der Waals surface area contributed by atoms with Gasteiger partial charge in [0.25, 0.3) is 5.89 Å². The van der Waals surface area contributed by atoms with Crippen LogP contribution in [0.5, 0.6) is 5.75 Å². The lowest BCUT2D eigenvalue weighted by Gasteiger charge is -2.13. The normalized spacial score (nSPS) is 17.9. The SMILES string of the molecule is COc1ccccc1-c1nnc(C2CCN(Cc3ccc(C)o3)C2)o1. The van der Waals surface area contributed by atoms with Crippen LogP contribution in [0.4, 0.5) is 0 Å². The van der Waals surface area contributed by atoms with Gasteiger partial charge in [-0.2, -0.15) is 0 Å². The molecule has 1 atom stereocenters. The molecule has 0 amide bonds. The van der Waals surface area contributed by atoms with Crippen LogP contribution in [0, 0.1) is 6.92 Å². The second-order valence-corrected chi connectivity index (χ2v) is 6.38. The first kappa shape index (κ1) is 15.9. The van der Waals surface area contributed by atoms with Crippen LogP contribution in [-0.2, 0) is 6.54 Å². The van der Waals surface area contributed by atoms with Crippen molar-refractivity contribution in [3.05, 3.63) is 53.8 Å². The predicted molar refractivity (Wildman–Crippen MR) is 92.4 cm³/mol. The highest BCUT2D eigenvalue weighted by atomic mass is 16.5. The molecule has 0 radical (unpaired) electrons. The minimum Gasteiger partial charge on any atom is -0.496 e. The molecule has 1 aromatic carbocycles. The van der Waals surface area contributed by atoms with E-state index < -0.39 is 0 Å². The largest absolute Gasteiger partial charge is 0.496 e. The van der Waals surface area contributed by atoms with Crippen LogP contribution >= 0.6 is 0 Å². The van der Waals surface area contributed by atoms with Crippen molar-refractivity contribution < 1.29 is 13.6 Å². The minimum atomic E-state index is 0.256. The van der Waals surface area contributed by atoms with E-state index >= 15 is 0 Å². The Morgan fingerprint density at radius 3 is 2.84 bits per heavy atom. The van der Waals surface area contributed by atoms with E-state index in [0.717, 1.165) is 48.9 Å². The summed E-state index contributed by atoms with van der Waals surface area (Å²) in [5.41, 5.74) is 0.824. The molecule has 1 aliphatic heterocycles. The number of methoxy groups -OCH3 is 1. The van der Waals surface area contributed by atoms with Gasteiger partial charge in [0.1, 0.15) is 17.3 Å². The van der Waals surface area contributed by atoms with Crippen LogP contribution in [0.3, 0.4) is 0 Å². The maximum atomic E-state index is 5.95. The first-order valence-electron chi connectivity index (χ1n) is 8.47. The Morgan fingerprint density at radius 1 is 1.16 bits per heavy atom. The van der Waals surface area contributed by atoms with Gasteiger partial charge >= 0.3 is 0 Å². The maximum Gasteiger partial charge on any atom is 0.251 e. The van der Waals surface area contributed by atoms with Crippen LogP contribution in [0.15, 0.2) is 45.2 Å². The van der Waals surface area contributed by atoms with Gasteiger partial charge in [-0.1, -0.05) is 12.1 Å². The molecule has 25 heavy (non-hydrogen) atoms. The van der Waals surface area contributed by atoms with Crippen molar-refractivity contribution in [1.29, 1.82) is 0 Å². The molecule has 1 aliphatic rings. The van der Waals surface area contributed by atoms with Crippen molar-refractivity contribution in [2.24, 2.45) is 0 Å². The number of aryl methyl sites for hydroxylation is 1. The number of likely N-dealkylation sites (tertiary alicyclic amines) is 1. The first-order valence-corrected chi connectivity index (χ1v) is 8.47. The molecule has 130 valence electrons. The highest BCUT2D eigenvalue weighted by Gasteiger charge is 2.29. The molecule has 0 aliphatic carbocycles. The third kappa shape index (κ3) is 3.30. The quantitative estimate of drug-likeness (QED) is 0.707. The molecule has 0 spiro atoms. The fourth-order valence-corrected chi connectivity index (χ4v) is 3.30. The van der Waals surface area contributed by atoms with Crippen molar-refractivity contribution in [3.63, 3.8) is 0 Å². The Bertz CT molecular complexity index is 855. The molecular weight excluding hydrogens is 318 g/mol. The topological polar surface area (TPSA) is 64.5 Å². The Labute approximate surface area is 146 Å². The molecule has 4 rings (SSSR count). The average molecular weight is 339 g/mol. The van der Waals surface area contributed by atoms with Gasteiger partial charge in [0.2, 0.25) is 5.89 Å². The molecule has 1 unspecified atom stereocenters. The van der Waals surface area contributed by atoms with Crippen LogP contribution in [0.1, 0.15) is 29.7 Å². The molecular formula is C19H21N3O3. The van der Waals surface area contributed by atoms with Gasteiger partial charge in [-0.25, -0.2) is 0 Å². The number of furan rings is 1. The standard InChI is InChI=1S/C19H21N3O3/c1-13-7-8-15(24-13)12-22-10-9-14(11-22)18-20-21-19(25-18)16-5-3-4-6-17(16)23-2/h3-8,14H,9-12H2,1-2H3. The van der Waals surface area contributed by atoms with E-state index in [1.54, 1.807) is 7.11 Å². The molecule has 2 aromatic heterocycles. The summed E-state index contributed by atoms with van der Waals surface area (Å²) < 4.78 is 17.0. The summed E-state index contributed by atoms with van der Waals surface area (Å²) in [4.78, 5) is 2.36. The lowest BCUT2D eigenvalue weighted by molar-refractivity contribution is 0.287. The monoisotopic (exact) mass is 339 g/mol. The van der Waals surface area contributed by atoms with Crippen LogP contribution < -0.4 is 4.74 Å². The Hall–Kier alpha value is -2.60. The zero-order valence-corrected chi connectivity index (χ0v) is 14.4. The smallest absolute Gasteiger partial charge is 0.251 e. The zero-order valence-electron chi connectivity index (χ0n) is 14.4. The fourth-order valence-electron chi connectivity index (χ4n) is 3.30. The van der Waals surface area contributed by atoms with Crippen molar-refractivity contribution >= 4 is 0 Å². The molecule has 3 heterocycles. The molecule has 6 nitrogen and oxygen atoms in total. The summed E-state index contributed by atoms with van der Waals surface area (Å²) >= 11 is 0. The van der Waals surface area contributed by atoms with E-state index in [0.29, 0.717) is 11.8 Å². The number of para-hydroxylation sites is 1. The van der Waals surface area contributed by atoms with Gasteiger partial charge in [-0.05, 0) is 44.2 Å². The summed E-state index contributed by atoms with van der Waals surface area (Å²) in [5.74, 6) is 4.14. The van der Waals surface area contributed by atoms with Crippen molar-refractivity contribution in [3.8, 4) is 17.2 Å². The highest BCUT2D eigenvalue weighted by molar-refractivity contribution is 5.62. The third-order valence-electron chi connectivity index (χ3n) is 4.58. The zero-order chi connectivity index (χ0) is 17.2. The second-order valence-electron chi connectivity index (χ2n) is 6.38. The summed E-state index contributed by atoms with van der Waals surface area (Å²) in [6.45, 7) is 4.68. The van der Waals surface area contributed by atoms with E-state index in [-0.39, 0.29) is 5.92 Å². The molecule has 1 fully saturated rings. The predicted octanol–water partition coefficient (Wildman–Crippen LogP) is 3.64. The summed E-state index contributed by atoms with van der Waals surface area (Å²) in [7, 11) is 1.64.